The minimum Gasteiger partial charge on any atom is -0.394 e. The summed E-state index contributed by atoms with van der Waals surface area (Å²) in [6, 6.07) is 0. The van der Waals surface area contributed by atoms with Crippen LogP contribution in [0.2, 0.25) is 0 Å². The van der Waals surface area contributed by atoms with Gasteiger partial charge < -0.3 is 10.3 Å². The molecule has 3 heterocycles. The maximum atomic E-state index is 6.35. The predicted molar refractivity (Wildman–Crippen MR) is 94.5 cm³/mol. The maximum Gasteiger partial charge on any atom is 0.172 e. The highest BCUT2D eigenvalue weighted by Gasteiger charge is 2.26. The highest BCUT2D eigenvalue weighted by atomic mass is 16.5. The minimum absolute atomic E-state index is 0.232. The summed E-state index contributed by atoms with van der Waals surface area (Å²) in [7, 11) is 1.74. The summed E-state index contributed by atoms with van der Waals surface area (Å²) in [6.07, 6.45) is 1.58. The number of hydrogen-bond donors (Lipinski definition) is 2. The van der Waals surface area contributed by atoms with Gasteiger partial charge in [-0.25, -0.2) is 20.5 Å². The Morgan fingerprint density at radius 1 is 1.27 bits per heavy atom. The van der Waals surface area contributed by atoms with Gasteiger partial charge in [-0.05, 0) is 17.4 Å². The first-order chi connectivity index (χ1) is 12.2. The molecule has 3 aromatic rings. The van der Waals surface area contributed by atoms with Crippen LogP contribution in [0.1, 0.15) is 38.2 Å². The summed E-state index contributed by atoms with van der Waals surface area (Å²) in [5.74, 6) is 8.42. The smallest absolute Gasteiger partial charge is 0.172 e. The van der Waals surface area contributed by atoms with Crippen molar-refractivity contribution in [3.8, 4) is 11.3 Å². The van der Waals surface area contributed by atoms with Crippen molar-refractivity contribution in [2.75, 3.05) is 10.7 Å². The zero-order valence-electron chi connectivity index (χ0n) is 15.4. The number of tetrazole rings is 1. The first kappa shape index (κ1) is 17.7. The molecule has 3 rings (SSSR count). The number of nitrogen functional groups attached to an aromatic ring is 1. The summed E-state index contributed by atoms with van der Waals surface area (Å²) in [5.41, 5.74) is 7.61. The average molecular weight is 358 g/mol. The van der Waals surface area contributed by atoms with Gasteiger partial charge >= 0.3 is 0 Å². The Bertz CT molecular complexity index is 923. The SMILES string of the molecule is Cc1oncc1-c1nc(C(C)(C)C)nc(N(N)Cc2nnnn2C)c1N. The van der Waals surface area contributed by atoms with E-state index in [0.717, 1.165) is 0 Å². The molecule has 0 aromatic carbocycles. The van der Waals surface area contributed by atoms with E-state index in [1.807, 2.05) is 20.8 Å². The summed E-state index contributed by atoms with van der Waals surface area (Å²) >= 11 is 0. The highest BCUT2D eigenvalue weighted by Crippen LogP contribution is 2.34. The quantitative estimate of drug-likeness (QED) is 0.504. The van der Waals surface area contributed by atoms with Crippen LogP contribution in [0.5, 0.6) is 0 Å². The second-order valence-electron chi connectivity index (χ2n) is 7.03. The number of nitrogens with two attached hydrogens (primary N) is 2. The van der Waals surface area contributed by atoms with Gasteiger partial charge in [0.1, 0.15) is 23.0 Å². The Kier molecular flexibility index (Phi) is 4.32. The molecular weight excluding hydrogens is 336 g/mol. The van der Waals surface area contributed by atoms with Gasteiger partial charge in [-0.1, -0.05) is 25.9 Å². The number of rotatable bonds is 4. The summed E-state index contributed by atoms with van der Waals surface area (Å²) in [5, 5.41) is 16.6. The van der Waals surface area contributed by atoms with Crippen molar-refractivity contribution < 1.29 is 4.52 Å². The molecule has 0 unspecified atom stereocenters. The minimum atomic E-state index is -0.310. The van der Waals surface area contributed by atoms with E-state index in [4.69, 9.17) is 16.1 Å². The Labute approximate surface area is 150 Å². The fraction of sp³-hybridized carbons (Fsp3) is 0.467. The van der Waals surface area contributed by atoms with Gasteiger partial charge in [-0.15, -0.1) is 5.10 Å². The van der Waals surface area contributed by atoms with Gasteiger partial charge in [-0.2, -0.15) is 0 Å². The van der Waals surface area contributed by atoms with E-state index in [9.17, 15) is 0 Å². The van der Waals surface area contributed by atoms with Gasteiger partial charge in [0.15, 0.2) is 11.6 Å². The monoisotopic (exact) mass is 358 g/mol. The number of hydrogen-bond acceptors (Lipinski definition) is 10. The topological polar surface area (TPSA) is 151 Å². The molecule has 0 bridgehead atoms. The summed E-state index contributed by atoms with van der Waals surface area (Å²) in [4.78, 5) is 9.23. The van der Waals surface area contributed by atoms with Crippen molar-refractivity contribution in [3.63, 3.8) is 0 Å². The number of nitrogens with zero attached hydrogens (tertiary/aromatic N) is 8. The van der Waals surface area contributed by atoms with Crippen molar-refractivity contribution in [1.29, 1.82) is 0 Å². The second-order valence-corrected chi connectivity index (χ2v) is 7.03. The molecule has 0 fully saturated rings. The van der Waals surface area contributed by atoms with Crippen LogP contribution in [-0.2, 0) is 19.0 Å². The van der Waals surface area contributed by atoms with Crippen LogP contribution in [0.25, 0.3) is 11.3 Å². The molecule has 11 nitrogen and oxygen atoms in total. The summed E-state index contributed by atoms with van der Waals surface area (Å²) in [6.45, 7) is 8.07. The van der Waals surface area contributed by atoms with Crippen molar-refractivity contribution in [3.05, 3.63) is 23.6 Å². The fourth-order valence-corrected chi connectivity index (χ4v) is 2.35. The van der Waals surface area contributed by atoms with Crippen LogP contribution in [-0.4, -0.2) is 35.3 Å². The molecule has 3 aromatic heterocycles. The van der Waals surface area contributed by atoms with Crippen LogP contribution in [0.4, 0.5) is 11.5 Å². The molecule has 0 radical (unpaired) electrons. The van der Waals surface area contributed by atoms with Crippen molar-refractivity contribution in [2.24, 2.45) is 12.9 Å². The average Bonchev–Trinajstić information content (AvgIpc) is 3.15. The normalized spacial score (nSPS) is 11.8. The Balaban J connectivity index is 2.12. The van der Waals surface area contributed by atoms with Gasteiger partial charge in [-0.3, -0.25) is 5.01 Å². The third kappa shape index (κ3) is 3.20. The Hall–Kier alpha value is -3.08. The Morgan fingerprint density at radius 2 is 2.00 bits per heavy atom. The lowest BCUT2D eigenvalue weighted by molar-refractivity contribution is 0.398. The molecule has 0 saturated carbocycles. The summed E-state index contributed by atoms with van der Waals surface area (Å²) < 4.78 is 6.69. The highest BCUT2D eigenvalue weighted by molar-refractivity contribution is 5.81. The number of hydrazine groups is 1. The largest absolute Gasteiger partial charge is 0.394 e. The number of aromatic nitrogens is 7. The third-order valence-electron chi connectivity index (χ3n) is 3.89. The molecule has 0 amide bonds. The molecule has 11 heteroatoms. The molecular formula is C15H22N10O. The third-order valence-corrected chi connectivity index (χ3v) is 3.89. The predicted octanol–water partition coefficient (Wildman–Crippen LogP) is 0.724. The molecule has 0 aliphatic rings. The van der Waals surface area contributed by atoms with Crippen LogP contribution in [0.15, 0.2) is 10.7 Å². The molecule has 0 saturated heterocycles. The van der Waals surface area contributed by atoms with Crippen molar-refractivity contribution in [2.45, 2.75) is 39.7 Å². The van der Waals surface area contributed by atoms with Crippen molar-refractivity contribution >= 4 is 11.5 Å². The number of anilines is 2. The lowest BCUT2D eigenvalue weighted by atomic mass is 9.95. The van der Waals surface area contributed by atoms with E-state index in [-0.39, 0.29) is 12.0 Å². The van der Waals surface area contributed by atoms with Gasteiger partial charge in [0.2, 0.25) is 0 Å². The molecule has 26 heavy (non-hydrogen) atoms. The van der Waals surface area contributed by atoms with E-state index in [1.165, 1.54) is 9.69 Å². The number of aryl methyl sites for hydroxylation is 2. The molecule has 4 N–H and O–H groups in total. The standard InChI is InChI=1S/C15H22N10O/c1-8-9(6-18-26-8)12-11(16)13(20-14(19-12)15(2,3)4)25(17)7-10-21-22-23-24(10)5/h6H,7,16-17H2,1-5H3. The van der Waals surface area contributed by atoms with Gasteiger partial charge in [0.05, 0.1) is 18.3 Å². The van der Waals surface area contributed by atoms with E-state index < -0.39 is 0 Å². The second kappa shape index (κ2) is 6.33. The first-order valence-electron chi connectivity index (χ1n) is 8.01. The lowest BCUT2D eigenvalue weighted by Crippen LogP contribution is -2.34. The first-order valence-corrected chi connectivity index (χ1v) is 8.01. The van der Waals surface area contributed by atoms with Crippen molar-refractivity contribution in [1.82, 2.24) is 35.3 Å². The molecule has 0 atom stereocenters. The van der Waals surface area contributed by atoms with Crippen LogP contribution < -0.4 is 16.6 Å². The zero-order chi connectivity index (χ0) is 19.1. The van der Waals surface area contributed by atoms with Gasteiger partial charge in [0.25, 0.3) is 0 Å². The molecule has 0 spiro atoms. The lowest BCUT2D eigenvalue weighted by Gasteiger charge is -2.24. The Morgan fingerprint density at radius 3 is 2.54 bits per heavy atom. The van der Waals surface area contributed by atoms with E-state index in [2.05, 4.69) is 30.7 Å². The molecule has 0 aliphatic carbocycles. The van der Waals surface area contributed by atoms with E-state index in [1.54, 1.807) is 20.2 Å². The zero-order valence-corrected chi connectivity index (χ0v) is 15.4. The molecule has 0 aliphatic heterocycles. The van der Waals surface area contributed by atoms with Crippen LogP contribution in [0.3, 0.4) is 0 Å². The van der Waals surface area contributed by atoms with Crippen LogP contribution in [0, 0.1) is 6.92 Å². The van der Waals surface area contributed by atoms with Gasteiger partial charge in [0, 0.05) is 12.5 Å². The van der Waals surface area contributed by atoms with E-state index >= 15 is 0 Å². The van der Waals surface area contributed by atoms with E-state index in [0.29, 0.717) is 40.2 Å². The fourth-order valence-electron chi connectivity index (χ4n) is 2.35. The molecule has 138 valence electrons. The maximum absolute atomic E-state index is 6.35. The van der Waals surface area contributed by atoms with Crippen LogP contribution >= 0.6 is 0 Å².